The van der Waals surface area contributed by atoms with Crippen molar-refractivity contribution in [2.45, 2.75) is 12.8 Å². The van der Waals surface area contributed by atoms with Crippen molar-refractivity contribution in [1.29, 1.82) is 0 Å². The first-order chi connectivity index (χ1) is 7.22. The lowest BCUT2D eigenvalue weighted by Gasteiger charge is -2.04. The number of anilines is 1. The molecular formula is C11H15NO3. The normalized spacial score (nSPS) is 9.93. The third kappa shape index (κ3) is 4.46. The third-order valence-electron chi connectivity index (χ3n) is 1.88. The lowest BCUT2D eigenvalue weighted by molar-refractivity contribution is -0.116. The van der Waals surface area contributed by atoms with Gasteiger partial charge in [-0.3, -0.25) is 4.79 Å². The second-order valence-corrected chi connectivity index (χ2v) is 3.19. The number of ether oxygens (including phenoxy) is 1. The Labute approximate surface area is 88.9 Å². The van der Waals surface area contributed by atoms with Gasteiger partial charge in [-0.05, 0) is 18.6 Å². The van der Waals surface area contributed by atoms with Gasteiger partial charge in [-0.25, -0.2) is 0 Å². The van der Waals surface area contributed by atoms with E-state index < -0.39 is 0 Å². The quantitative estimate of drug-likeness (QED) is 0.726. The first-order valence-corrected chi connectivity index (χ1v) is 4.80. The average molecular weight is 209 g/mol. The van der Waals surface area contributed by atoms with E-state index in [1.807, 2.05) is 0 Å². The van der Waals surface area contributed by atoms with Crippen molar-refractivity contribution >= 4 is 11.6 Å². The number of methoxy groups -OCH3 is 1. The first kappa shape index (κ1) is 11.5. The SMILES string of the molecule is COCCCC(=O)Nc1cccc(O)c1. The maximum Gasteiger partial charge on any atom is 0.224 e. The monoisotopic (exact) mass is 209 g/mol. The number of carbonyl (C=O) groups excluding carboxylic acids is 1. The van der Waals surface area contributed by atoms with Crippen LogP contribution in [-0.2, 0) is 9.53 Å². The van der Waals surface area contributed by atoms with Crippen molar-refractivity contribution in [2.24, 2.45) is 0 Å². The topological polar surface area (TPSA) is 58.6 Å². The van der Waals surface area contributed by atoms with Crippen LogP contribution in [0.2, 0.25) is 0 Å². The third-order valence-corrected chi connectivity index (χ3v) is 1.88. The molecule has 0 aliphatic carbocycles. The molecule has 1 amide bonds. The largest absolute Gasteiger partial charge is 0.508 e. The van der Waals surface area contributed by atoms with Crippen LogP contribution in [-0.4, -0.2) is 24.7 Å². The van der Waals surface area contributed by atoms with E-state index in [1.165, 1.54) is 6.07 Å². The Kier molecular flexibility index (Phi) is 4.63. The summed E-state index contributed by atoms with van der Waals surface area (Å²) in [6, 6.07) is 6.48. The summed E-state index contributed by atoms with van der Waals surface area (Å²) in [4.78, 5) is 11.4. The lowest BCUT2D eigenvalue weighted by Crippen LogP contribution is -2.11. The molecule has 0 spiro atoms. The minimum absolute atomic E-state index is 0.0716. The Hall–Kier alpha value is -1.55. The molecule has 82 valence electrons. The van der Waals surface area contributed by atoms with E-state index in [0.717, 1.165) is 0 Å². The van der Waals surface area contributed by atoms with E-state index in [0.29, 0.717) is 25.1 Å². The van der Waals surface area contributed by atoms with Crippen molar-refractivity contribution in [3.05, 3.63) is 24.3 Å². The molecule has 0 aromatic heterocycles. The predicted molar refractivity (Wildman–Crippen MR) is 57.8 cm³/mol. The van der Waals surface area contributed by atoms with E-state index in [1.54, 1.807) is 25.3 Å². The molecule has 0 bridgehead atoms. The van der Waals surface area contributed by atoms with Crippen LogP contribution in [0.3, 0.4) is 0 Å². The Bertz CT molecular complexity index is 325. The van der Waals surface area contributed by atoms with Crippen LogP contribution < -0.4 is 5.32 Å². The summed E-state index contributed by atoms with van der Waals surface area (Å²) < 4.78 is 4.84. The van der Waals surface area contributed by atoms with Gasteiger partial charge in [0.2, 0.25) is 5.91 Å². The van der Waals surface area contributed by atoms with Crippen molar-refractivity contribution < 1.29 is 14.6 Å². The van der Waals surface area contributed by atoms with Gasteiger partial charge >= 0.3 is 0 Å². The van der Waals surface area contributed by atoms with Crippen molar-refractivity contribution in [3.8, 4) is 5.75 Å². The number of amides is 1. The minimum atomic E-state index is -0.0716. The summed E-state index contributed by atoms with van der Waals surface area (Å²) >= 11 is 0. The highest BCUT2D eigenvalue weighted by atomic mass is 16.5. The molecule has 4 nitrogen and oxygen atoms in total. The molecule has 1 aromatic rings. The van der Waals surface area contributed by atoms with Gasteiger partial charge in [0.05, 0.1) is 0 Å². The van der Waals surface area contributed by atoms with E-state index in [9.17, 15) is 4.79 Å². The van der Waals surface area contributed by atoms with Gasteiger partial charge in [0, 0.05) is 31.9 Å². The highest BCUT2D eigenvalue weighted by molar-refractivity contribution is 5.90. The van der Waals surface area contributed by atoms with Crippen LogP contribution in [0, 0.1) is 0 Å². The molecule has 0 saturated carbocycles. The molecule has 0 atom stereocenters. The highest BCUT2D eigenvalue weighted by Gasteiger charge is 2.02. The van der Waals surface area contributed by atoms with Gasteiger partial charge in [-0.2, -0.15) is 0 Å². The Morgan fingerprint density at radius 1 is 1.53 bits per heavy atom. The number of hydrogen-bond acceptors (Lipinski definition) is 3. The zero-order valence-corrected chi connectivity index (χ0v) is 8.69. The molecule has 0 unspecified atom stereocenters. The van der Waals surface area contributed by atoms with Gasteiger partial charge < -0.3 is 15.2 Å². The molecule has 0 aliphatic rings. The summed E-state index contributed by atoms with van der Waals surface area (Å²) in [5.41, 5.74) is 0.609. The van der Waals surface area contributed by atoms with Crippen LogP contribution >= 0.6 is 0 Å². The zero-order chi connectivity index (χ0) is 11.1. The molecule has 0 saturated heterocycles. The average Bonchev–Trinajstić information content (AvgIpc) is 2.18. The summed E-state index contributed by atoms with van der Waals surface area (Å²) in [6.45, 7) is 0.577. The second-order valence-electron chi connectivity index (χ2n) is 3.19. The van der Waals surface area contributed by atoms with E-state index >= 15 is 0 Å². The zero-order valence-electron chi connectivity index (χ0n) is 8.69. The van der Waals surface area contributed by atoms with E-state index in [-0.39, 0.29) is 11.7 Å². The maximum atomic E-state index is 11.4. The van der Waals surface area contributed by atoms with Gasteiger partial charge in [0.25, 0.3) is 0 Å². The predicted octanol–water partition coefficient (Wildman–Crippen LogP) is 1.76. The molecule has 0 fully saturated rings. The highest BCUT2D eigenvalue weighted by Crippen LogP contribution is 2.15. The van der Waals surface area contributed by atoms with Crippen LogP contribution in [0.5, 0.6) is 5.75 Å². The van der Waals surface area contributed by atoms with Crippen molar-refractivity contribution in [1.82, 2.24) is 0 Å². The Balaban J connectivity index is 2.37. The molecule has 2 N–H and O–H groups in total. The number of aromatic hydroxyl groups is 1. The van der Waals surface area contributed by atoms with Crippen LogP contribution in [0.15, 0.2) is 24.3 Å². The molecular weight excluding hydrogens is 194 g/mol. The lowest BCUT2D eigenvalue weighted by atomic mass is 10.2. The number of carbonyl (C=O) groups is 1. The summed E-state index contributed by atoms with van der Waals surface area (Å²) in [5.74, 6) is 0.0716. The Morgan fingerprint density at radius 2 is 2.33 bits per heavy atom. The van der Waals surface area contributed by atoms with Crippen molar-refractivity contribution in [3.63, 3.8) is 0 Å². The summed E-state index contributed by atoms with van der Waals surface area (Å²) in [6.07, 6.45) is 1.12. The fourth-order valence-corrected chi connectivity index (χ4v) is 1.18. The minimum Gasteiger partial charge on any atom is -0.508 e. The summed E-state index contributed by atoms with van der Waals surface area (Å²) in [5, 5.41) is 11.9. The van der Waals surface area contributed by atoms with E-state index in [2.05, 4.69) is 5.32 Å². The second kappa shape index (κ2) is 6.03. The first-order valence-electron chi connectivity index (χ1n) is 4.80. The fourth-order valence-electron chi connectivity index (χ4n) is 1.18. The molecule has 0 aliphatic heterocycles. The van der Waals surface area contributed by atoms with Crippen LogP contribution in [0.25, 0.3) is 0 Å². The van der Waals surface area contributed by atoms with Gasteiger partial charge in [-0.1, -0.05) is 6.07 Å². The van der Waals surface area contributed by atoms with Gasteiger partial charge in [0.15, 0.2) is 0 Å². The molecule has 1 aromatic carbocycles. The number of nitrogens with one attached hydrogen (secondary N) is 1. The van der Waals surface area contributed by atoms with Crippen LogP contribution in [0.1, 0.15) is 12.8 Å². The van der Waals surface area contributed by atoms with E-state index in [4.69, 9.17) is 9.84 Å². The van der Waals surface area contributed by atoms with Crippen LogP contribution in [0.4, 0.5) is 5.69 Å². The Morgan fingerprint density at radius 3 is 3.00 bits per heavy atom. The number of benzene rings is 1. The molecule has 4 heteroatoms. The number of rotatable bonds is 5. The standard InChI is InChI=1S/C11H15NO3/c1-15-7-3-6-11(14)12-9-4-2-5-10(13)8-9/h2,4-5,8,13H,3,6-7H2,1H3,(H,12,14). The number of phenols is 1. The molecule has 15 heavy (non-hydrogen) atoms. The van der Waals surface area contributed by atoms with Crippen molar-refractivity contribution in [2.75, 3.05) is 19.0 Å². The number of phenolic OH excluding ortho intramolecular Hbond substituents is 1. The molecule has 0 heterocycles. The maximum absolute atomic E-state index is 11.4. The number of hydrogen-bond donors (Lipinski definition) is 2. The molecule has 1 rings (SSSR count). The molecule has 0 radical (unpaired) electrons. The van der Waals surface area contributed by atoms with Gasteiger partial charge in [-0.15, -0.1) is 0 Å². The summed E-state index contributed by atoms with van der Waals surface area (Å²) in [7, 11) is 1.60. The fraction of sp³-hybridized carbons (Fsp3) is 0.364. The van der Waals surface area contributed by atoms with Gasteiger partial charge in [0.1, 0.15) is 5.75 Å². The smallest absolute Gasteiger partial charge is 0.224 e.